The van der Waals surface area contributed by atoms with Crippen molar-refractivity contribution in [2.75, 3.05) is 31.2 Å². The van der Waals surface area contributed by atoms with Crippen LogP contribution in [0.1, 0.15) is 5.69 Å². The van der Waals surface area contributed by atoms with Gasteiger partial charge in [0.1, 0.15) is 29.6 Å². The zero-order chi connectivity index (χ0) is 19.6. The summed E-state index contributed by atoms with van der Waals surface area (Å²) in [5, 5.41) is 17.7. The lowest BCUT2D eigenvalue weighted by molar-refractivity contribution is 0.122. The third-order valence-electron chi connectivity index (χ3n) is 5.00. The van der Waals surface area contributed by atoms with Crippen LogP contribution < -0.4 is 4.90 Å². The van der Waals surface area contributed by atoms with E-state index >= 15 is 0 Å². The van der Waals surface area contributed by atoms with Gasteiger partial charge >= 0.3 is 0 Å². The number of anilines is 1. The van der Waals surface area contributed by atoms with Gasteiger partial charge < -0.3 is 9.64 Å². The highest BCUT2D eigenvalue weighted by atomic mass is 16.5. The van der Waals surface area contributed by atoms with Crippen LogP contribution in [0.3, 0.4) is 0 Å². The van der Waals surface area contributed by atoms with Crippen LogP contribution in [0, 0.1) is 11.3 Å². The average Bonchev–Trinajstić information content (AvgIpc) is 3.23. The summed E-state index contributed by atoms with van der Waals surface area (Å²) in [6.45, 7) is 3.02. The molecule has 1 aliphatic rings. The summed E-state index contributed by atoms with van der Waals surface area (Å²) in [5.74, 6) is 0.874. The molecule has 0 spiro atoms. The number of aromatic nitrogens is 5. The van der Waals surface area contributed by atoms with Gasteiger partial charge in [-0.15, -0.1) is 0 Å². The summed E-state index contributed by atoms with van der Waals surface area (Å²) in [6.07, 6.45) is 3.22. The lowest BCUT2D eigenvalue weighted by Gasteiger charge is -2.27. The number of pyridine rings is 1. The molecule has 0 amide bonds. The van der Waals surface area contributed by atoms with E-state index in [-0.39, 0.29) is 0 Å². The largest absolute Gasteiger partial charge is 0.378 e. The maximum absolute atomic E-state index is 9.12. The van der Waals surface area contributed by atoms with E-state index in [2.05, 4.69) is 42.2 Å². The number of H-pyrrole nitrogens is 1. The Morgan fingerprint density at radius 1 is 1.00 bits per heavy atom. The predicted octanol–water partition coefficient (Wildman–Crippen LogP) is 2.79. The molecule has 0 saturated carbocycles. The molecular formula is C21H17N7O. The van der Waals surface area contributed by atoms with Crippen LogP contribution in [0.5, 0.6) is 0 Å². The van der Waals surface area contributed by atoms with Crippen LogP contribution >= 0.6 is 0 Å². The SMILES string of the molecule is N#Cc1cc(-c2ccc3[nH]nc(-c4cc(N5CCOCC5)ncn4)c3c2)ccn1. The molecule has 1 fully saturated rings. The zero-order valence-electron chi connectivity index (χ0n) is 15.5. The molecule has 4 heterocycles. The first-order valence-corrected chi connectivity index (χ1v) is 9.31. The van der Waals surface area contributed by atoms with Crippen molar-refractivity contribution >= 4 is 16.7 Å². The van der Waals surface area contributed by atoms with Gasteiger partial charge in [-0.1, -0.05) is 6.07 Å². The number of ether oxygens (including phenoxy) is 1. The number of fused-ring (bicyclic) bond motifs is 1. The van der Waals surface area contributed by atoms with Gasteiger partial charge in [0.05, 0.1) is 24.4 Å². The fraction of sp³-hybridized carbons (Fsp3) is 0.190. The Kier molecular flexibility index (Phi) is 4.35. The van der Waals surface area contributed by atoms with Crippen molar-refractivity contribution in [3.8, 4) is 28.6 Å². The van der Waals surface area contributed by atoms with E-state index in [1.54, 1.807) is 18.6 Å². The molecule has 8 nitrogen and oxygen atoms in total. The van der Waals surface area contributed by atoms with Crippen molar-refractivity contribution in [3.05, 3.63) is 54.6 Å². The van der Waals surface area contributed by atoms with Crippen LogP contribution in [0.2, 0.25) is 0 Å². The molecule has 0 bridgehead atoms. The molecule has 8 heteroatoms. The fourth-order valence-corrected chi connectivity index (χ4v) is 3.50. The second-order valence-corrected chi connectivity index (χ2v) is 6.74. The van der Waals surface area contributed by atoms with Gasteiger partial charge in [-0.2, -0.15) is 10.4 Å². The number of nitrogens with one attached hydrogen (secondary N) is 1. The Labute approximate surface area is 166 Å². The summed E-state index contributed by atoms with van der Waals surface area (Å²) in [7, 11) is 0. The van der Waals surface area contributed by atoms with E-state index in [1.165, 1.54) is 0 Å². The minimum atomic E-state index is 0.390. The number of morpholine rings is 1. The van der Waals surface area contributed by atoms with Crippen molar-refractivity contribution in [1.29, 1.82) is 5.26 Å². The lowest BCUT2D eigenvalue weighted by Crippen LogP contribution is -2.36. The topological polar surface area (TPSA) is 104 Å². The number of hydrogen-bond acceptors (Lipinski definition) is 7. The molecular weight excluding hydrogens is 366 g/mol. The van der Waals surface area contributed by atoms with Crippen molar-refractivity contribution in [2.24, 2.45) is 0 Å². The molecule has 5 rings (SSSR count). The zero-order valence-corrected chi connectivity index (χ0v) is 15.5. The number of nitriles is 1. The molecule has 142 valence electrons. The minimum absolute atomic E-state index is 0.390. The summed E-state index contributed by atoms with van der Waals surface area (Å²) in [6, 6.07) is 13.8. The van der Waals surface area contributed by atoms with E-state index < -0.39 is 0 Å². The molecule has 3 aromatic heterocycles. The second-order valence-electron chi connectivity index (χ2n) is 6.74. The van der Waals surface area contributed by atoms with Crippen LogP contribution in [-0.4, -0.2) is 51.5 Å². The third-order valence-corrected chi connectivity index (χ3v) is 5.00. The van der Waals surface area contributed by atoms with Crippen LogP contribution in [0.25, 0.3) is 33.4 Å². The van der Waals surface area contributed by atoms with Crippen molar-refractivity contribution < 1.29 is 4.74 Å². The quantitative estimate of drug-likeness (QED) is 0.580. The van der Waals surface area contributed by atoms with E-state index in [9.17, 15) is 0 Å². The van der Waals surface area contributed by atoms with Gasteiger partial charge in [0.15, 0.2) is 0 Å². The highest BCUT2D eigenvalue weighted by Crippen LogP contribution is 2.30. The van der Waals surface area contributed by atoms with Gasteiger partial charge in [-0.3, -0.25) is 5.10 Å². The predicted molar refractivity (Wildman–Crippen MR) is 108 cm³/mol. The van der Waals surface area contributed by atoms with Gasteiger partial charge in [0.2, 0.25) is 0 Å². The van der Waals surface area contributed by atoms with Gasteiger partial charge in [0, 0.05) is 30.7 Å². The fourth-order valence-electron chi connectivity index (χ4n) is 3.50. The lowest BCUT2D eigenvalue weighted by atomic mass is 10.0. The van der Waals surface area contributed by atoms with Crippen molar-refractivity contribution in [1.82, 2.24) is 25.1 Å². The first-order valence-electron chi connectivity index (χ1n) is 9.31. The first-order chi connectivity index (χ1) is 14.3. The summed E-state index contributed by atoms with van der Waals surface area (Å²) < 4.78 is 5.43. The normalized spacial score (nSPS) is 14.1. The van der Waals surface area contributed by atoms with Crippen molar-refractivity contribution in [3.63, 3.8) is 0 Å². The Hall–Kier alpha value is -3.83. The third kappa shape index (κ3) is 3.28. The van der Waals surface area contributed by atoms with E-state index in [4.69, 9.17) is 10.00 Å². The Morgan fingerprint density at radius 3 is 2.72 bits per heavy atom. The monoisotopic (exact) mass is 383 g/mol. The van der Waals surface area contributed by atoms with Crippen LogP contribution in [0.15, 0.2) is 48.9 Å². The second kappa shape index (κ2) is 7.30. The van der Waals surface area contributed by atoms with Gasteiger partial charge in [0.25, 0.3) is 0 Å². The molecule has 1 aromatic carbocycles. The molecule has 29 heavy (non-hydrogen) atoms. The Balaban J connectivity index is 1.56. The van der Waals surface area contributed by atoms with E-state index in [1.807, 2.05) is 24.3 Å². The molecule has 1 saturated heterocycles. The number of aromatic amines is 1. The first kappa shape index (κ1) is 17.3. The van der Waals surface area contributed by atoms with Crippen LogP contribution in [0.4, 0.5) is 5.82 Å². The number of nitrogens with zero attached hydrogens (tertiary/aromatic N) is 6. The maximum atomic E-state index is 9.12. The standard InChI is InChI=1S/C21H17N7O/c22-12-16-9-15(3-4-23-16)14-1-2-18-17(10-14)21(27-26-18)19-11-20(25-13-24-19)28-5-7-29-8-6-28/h1-4,9-11,13H,5-8H2,(H,26,27). The summed E-state index contributed by atoms with van der Waals surface area (Å²) >= 11 is 0. The minimum Gasteiger partial charge on any atom is -0.378 e. The Bertz CT molecular complexity index is 1220. The molecule has 0 atom stereocenters. The van der Waals surface area contributed by atoms with Crippen LogP contribution in [-0.2, 0) is 4.74 Å². The molecule has 1 N–H and O–H groups in total. The van der Waals surface area contributed by atoms with Crippen molar-refractivity contribution in [2.45, 2.75) is 0 Å². The smallest absolute Gasteiger partial charge is 0.141 e. The number of benzene rings is 1. The molecule has 0 unspecified atom stereocenters. The highest BCUT2D eigenvalue weighted by molar-refractivity contribution is 5.95. The average molecular weight is 383 g/mol. The highest BCUT2D eigenvalue weighted by Gasteiger charge is 2.16. The number of hydrogen-bond donors (Lipinski definition) is 1. The molecule has 0 radical (unpaired) electrons. The van der Waals surface area contributed by atoms with E-state index in [0.717, 1.165) is 52.3 Å². The molecule has 4 aromatic rings. The molecule has 0 aliphatic carbocycles. The summed E-state index contributed by atoms with van der Waals surface area (Å²) in [4.78, 5) is 15.1. The molecule has 1 aliphatic heterocycles. The van der Waals surface area contributed by atoms with Gasteiger partial charge in [-0.05, 0) is 35.4 Å². The number of rotatable bonds is 3. The van der Waals surface area contributed by atoms with E-state index in [0.29, 0.717) is 18.9 Å². The Morgan fingerprint density at radius 2 is 1.86 bits per heavy atom. The summed E-state index contributed by atoms with van der Waals surface area (Å²) in [5.41, 5.74) is 4.76. The van der Waals surface area contributed by atoms with Gasteiger partial charge in [-0.25, -0.2) is 15.0 Å². The maximum Gasteiger partial charge on any atom is 0.141 e.